The van der Waals surface area contributed by atoms with Crippen molar-refractivity contribution in [2.75, 3.05) is 12.8 Å². The molecular weight excluding hydrogens is 303 g/mol. The summed E-state index contributed by atoms with van der Waals surface area (Å²) in [5.74, 6) is -2.63. The molecule has 1 unspecified atom stereocenters. The Morgan fingerprint density at radius 1 is 1.33 bits per heavy atom. The predicted octanol–water partition coefficient (Wildman–Crippen LogP) is 0.859. The van der Waals surface area contributed by atoms with Gasteiger partial charge >= 0.3 is 11.9 Å². The quantitative estimate of drug-likeness (QED) is 0.586. The Kier molecular flexibility index (Phi) is 6.34. The second kappa shape index (κ2) is 7.35. The van der Waals surface area contributed by atoms with Crippen LogP contribution in [0.5, 0.6) is 0 Å². The Balaban J connectivity index is 2.89. The van der Waals surface area contributed by atoms with E-state index < -0.39 is 43.7 Å². The van der Waals surface area contributed by atoms with Crippen LogP contribution in [-0.4, -0.2) is 54.2 Å². The molecule has 1 saturated heterocycles. The van der Waals surface area contributed by atoms with Gasteiger partial charge in [-0.05, 0) is 13.8 Å². The highest BCUT2D eigenvalue weighted by molar-refractivity contribution is 7.59. The molecule has 1 heterocycles. The minimum absolute atomic E-state index is 0.248. The van der Waals surface area contributed by atoms with Crippen molar-refractivity contribution in [3.05, 3.63) is 0 Å². The smallest absolute Gasteiger partial charge is 0.304 e. The first-order valence-corrected chi connectivity index (χ1v) is 8.43. The summed E-state index contributed by atoms with van der Waals surface area (Å²) in [6.45, 7) is 5.42. The molecule has 1 aliphatic rings. The largest absolute Gasteiger partial charge is 0.463 e. The van der Waals surface area contributed by atoms with E-state index in [0.29, 0.717) is 0 Å². The molecule has 0 aromatic rings. The molecule has 4 atom stereocenters. The molecule has 0 aliphatic carbocycles. The first kappa shape index (κ1) is 18.1. The number of hydrogen-bond acceptors (Lipinski definition) is 8. The molecule has 0 spiro atoms. The van der Waals surface area contributed by atoms with Crippen molar-refractivity contribution in [3.63, 3.8) is 0 Å². The minimum Gasteiger partial charge on any atom is -0.463 e. The van der Waals surface area contributed by atoms with Crippen LogP contribution in [0.4, 0.5) is 0 Å². The normalized spacial score (nSPS) is 32.8. The fourth-order valence-electron chi connectivity index (χ4n) is 1.91. The van der Waals surface area contributed by atoms with Crippen molar-refractivity contribution in [2.24, 2.45) is 0 Å². The van der Waals surface area contributed by atoms with Crippen molar-refractivity contribution in [1.29, 1.82) is 0 Å². The lowest BCUT2D eigenvalue weighted by atomic mass is 10.4. The van der Waals surface area contributed by atoms with Crippen molar-refractivity contribution < 1.29 is 38.0 Å². The Morgan fingerprint density at radius 3 is 2.43 bits per heavy atom. The Labute approximate surface area is 123 Å². The summed E-state index contributed by atoms with van der Waals surface area (Å²) in [7, 11) is -3.53. The van der Waals surface area contributed by atoms with E-state index >= 15 is 0 Å². The SMILES string of the molecule is CC(=O)OC[C@H]1O[C@@H](OC(C)=O)CP(=O)(OC(C)C)[C@H]1O. The Bertz CT molecular complexity index is 435. The van der Waals surface area contributed by atoms with Gasteiger partial charge in [0, 0.05) is 13.8 Å². The molecule has 1 N–H and O–H groups in total. The second-order valence-electron chi connectivity index (χ2n) is 4.99. The van der Waals surface area contributed by atoms with Crippen LogP contribution >= 0.6 is 7.37 Å². The molecule has 0 bridgehead atoms. The first-order valence-electron chi connectivity index (χ1n) is 6.55. The van der Waals surface area contributed by atoms with Gasteiger partial charge in [0.1, 0.15) is 12.7 Å². The molecule has 1 fully saturated rings. The summed E-state index contributed by atoms with van der Waals surface area (Å²) in [4.78, 5) is 21.9. The fraction of sp³-hybridized carbons (Fsp3) is 0.833. The maximum Gasteiger partial charge on any atom is 0.304 e. The molecule has 0 aromatic heterocycles. The van der Waals surface area contributed by atoms with Crippen LogP contribution < -0.4 is 0 Å². The highest BCUT2D eigenvalue weighted by atomic mass is 31.2. The summed E-state index contributed by atoms with van der Waals surface area (Å²) in [6, 6.07) is 0. The maximum absolute atomic E-state index is 12.7. The van der Waals surface area contributed by atoms with Gasteiger partial charge in [0.15, 0.2) is 5.85 Å². The van der Waals surface area contributed by atoms with Crippen LogP contribution in [0.3, 0.4) is 0 Å². The van der Waals surface area contributed by atoms with Gasteiger partial charge in [-0.1, -0.05) is 0 Å². The van der Waals surface area contributed by atoms with E-state index in [1.54, 1.807) is 13.8 Å². The van der Waals surface area contributed by atoms with Crippen LogP contribution in [0.1, 0.15) is 27.7 Å². The third-order valence-electron chi connectivity index (χ3n) is 2.60. The zero-order valence-corrected chi connectivity index (χ0v) is 13.4. The maximum atomic E-state index is 12.7. The molecule has 0 radical (unpaired) electrons. The van der Waals surface area contributed by atoms with E-state index in [0.717, 1.165) is 0 Å². The van der Waals surface area contributed by atoms with Crippen LogP contribution in [0, 0.1) is 0 Å². The molecule has 122 valence electrons. The molecule has 8 nitrogen and oxygen atoms in total. The fourth-order valence-corrected chi connectivity index (χ4v) is 4.29. The lowest BCUT2D eigenvalue weighted by molar-refractivity contribution is -0.202. The summed E-state index contributed by atoms with van der Waals surface area (Å²) in [5.41, 5.74) is 0. The van der Waals surface area contributed by atoms with E-state index in [-0.39, 0.29) is 12.8 Å². The first-order chi connectivity index (χ1) is 9.64. The van der Waals surface area contributed by atoms with E-state index in [1.807, 2.05) is 0 Å². The van der Waals surface area contributed by atoms with Gasteiger partial charge in [0.25, 0.3) is 0 Å². The molecule has 1 aliphatic heterocycles. The number of ether oxygens (including phenoxy) is 3. The second-order valence-corrected chi connectivity index (χ2v) is 7.55. The number of aliphatic hydroxyl groups is 1. The number of hydrogen-bond donors (Lipinski definition) is 1. The average molecular weight is 324 g/mol. The third kappa shape index (κ3) is 5.39. The number of esters is 2. The number of carbonyl (C=O) groups excluding carboxylic acids is 2. The van der Waals surface area contributed by atoms with Gasteiger partial charge in [0.2, 0.25) is 13.7 Å². The summed E-state index contributed by atoms with van der Waals surface area (Å²) in [6.07, 6.45) is -2.84. The Morgan fingerprint density at radius 2 is 1.95 bits per heavy atom. The molecule has 0 aromatic carbocycles. The van der Waals surface area contributed by atoms with Gasteiger partial charge in [-0.25, -0.2) is 0 Å². The topological polar surface area (TPSA) is 108 Å². The number of carbonyl (C=O) groups is 2. The molecule has 0 saturated carbocycles. The van der Waals surface area contributed by atoms with Crippen LogP contribution in [0.15, 0.2) is 0 Å². The molecule has 21 heavy (non-hydrogen) atoms. The van der Waals surface area contributed by atoms with E-state index in [1.165, 1.54) is 13.8 Å². The lowest BCUT2D eigenvalue weighted by Gasteiger charge is -2.38. The summed E-state index contributed by atoms with van der Waals surface area (Å²) >= 11 is 0. The van der Waals surface area contributed by atoms with Gasteiger partial charge in [-0.3, -0.25) is 14.2 Å². The lowest BCUT2D eigenvalue weighted by Crippen LogP contribution is -2.46. The number of rotatable bonds is 5. The van der Waals surface area contributed by atoms with Crippen molar-refractivity contribution >= 4 is 19.3 Å². The van der Waals surface area contributed by atoms with Crippen molar-refractivity contribution in [3.8, 4) is 0 Å². The van der Waals surface area contributed by atoms with E-state index in [4.69, 9.17) is 18.7 Å². The van der Waals surface area contributed by atoms with Crippen molar-refractivity contribution in [1.82, 2.24) is 0 Å². The van der Waals surface area contributed by atoms with Gasteiger partial charge in [0.05, 0.1) is 12.3 Å². The molecule has 1 rings (SSSR count). The molecule has 0 amide bonds. The summed E-state index contributed by atoms with van der Waals surface area (Å²) in [5, 5.41) is 10.2. The molecule has 9 heteroatoms. The van der Waals surface area contributed by atoms with Crippen LogP contribution in [0.25, 0.3) is 0 Å². The van der Waals surface area contributed by atoms with E-state index in [9.17, 15) is 19.3 Å². The van der Waals surface area contributed by atoms with Crippen molar-refractivity contribution in [2.45, 2.75) is 52.0 Å². The number of aliphatic hydroxyl groups excluding tert-OH is 1. The summed E-state index contributed by atoms with van der Waals surface area (Å²) < 4.78 is 33.0. The Hall–Kier alpha value is -0.950. The standard InChI is InChI=1S/C12H21O8P/c1-7(2)20-21(16)6-11(18-9(4)14)19-10(12(21)15)5-17-8(3)13/h7,10-12,15H,5-6H2,1-4H3/t10-,11-,12-,21?/m1/s1. The monoisotopic (exact) mass is 324 g/mol. The van der Waals surface area contributed by atoms with Crippen LogP contribution in [-0.2, 0) is 32.9 Å². The van der Waals surface area contributed by atoms with E-state index in [2.05, 4.69) is 0 Å². The zero-order valence-electron chi connectivity index (χ0n) is 12.5. The van der Waals surface area contributed by atoms with Gasteiger partial charge in [-0.2, -0.15) is 0 Å². The zero-order chi connectivity index (χ0) is 16.2. The predicted molar refractivity (Wildman–Crippen MR) is 71.8 cm³/mol. The highest BCUT2D eigenvalue weighted by Gasteiger charge is 2.49. The van der Waals surface area contributed by atoms with Crippen LogP contribution in [0.2, 0.25) is 0 Å². The minimum atomic E-state index is -3.53. The third-order valence-corrected chi connectivity index (χ3v) is 5.33. The average Bonchev–Trinajstić information content (AvgIpc) is 2.29. The van der Waals surface area contributed by atoms with Gasteiger partial charge < -0.3 is 23.8 Å². The van der Waals surface area contributed by atoms with Gasteiger partial charge in [-0.15, -0.1) is 0 Å². The highest BCUT2D eigenvalue weighted by Crippen LogP contribution is 2.57. The molecular formula is C12H21O8P.